The van der Waals surface area contributed by atoms with Crippen molar-refractivity contribution in [2.75, 3.05) is 0 Å². The standard InChI is InChI=1S/C18H28O/c1-16(2,3)14-7-9-15(10-8-14)18(19)12-6-11-17(4,5)13-18/h7-10,19H,6,11-13H2,1-5H3. The molecule has 1 fully saturated rings. The fourth-order valence-electron chi connectivity index (χ4n) is 3.35. The number of aliphatic hydroxyl groups is 1. The van der Waals surface area contributed by atoms with Crippen molar-refractivity contribution in [2.24, 2.45) is 5.41 Å². The van der Waals surface area contributed by atoms with Crippen molar-refractivity contribution in [1.29, 1.82) is 0 Å². The van der Waals surface area contributed by atoms with Gasteiger partial charge in [0.2, 0.25) is 0 Å². The molecule has 1 aromatic carbocycles. The molecule has 1 nitrogen and oxygen atoms in total. The molecule has 0 radical (unpaired) electrons. The van der Waals surface area contributed by atoms with Gasteiger partial charge in [-0.3, -0.25) is 0 Å². The number of hydrogen-bond acceptors (Lipinski definition) is 1. The van der Waals surface area contributed by atoms with E-state index in [1.165, 1.54) is 12.0 Å². The number of rotatable bonds is 1. The van der Waals surface area contributed by atoms with Crippen molar-refractivity contribution in [1.82, 2.24) is 0 Å². The highest BCUT2D eigenvalue weighted by atomic mass is 16.3. The molecule has 1 N–H and O–H groups in total. The van der Waals surface area contributed by atoms with Crippen LogP contribution in [0.25, 0.3) is 0 Å². The summed E-state index contributed by atoms with van der Waals surface area (Å²) >= 11 is 0. The van der Waals surface area contributed by atoms with Crippen LogP contribution in [-0.4, -0.2) is 5.11 Å². The first-order valence-corrected chi connectivity index (χ1v) is 7.46. The van der Waals surface area contributed by atoms with Crippen molar-refractivity contribution < 1.29 is 5.11 Å². The second kappa shape index (κ2) is 4.63. The molecule has 0 heterocycles. The summed E-state index contributed by atoms with van der Waals surface area (Å²) in [7, 11) is 0. The first kappa shape index (κ1) is 14.6. The summed E-state index contributed by atoms with van der Waals surface area (Å²) in [4.78, 5) is 0. The van der Waals surface area contributed by atoms with Crippen molar-refractivity contribution in [2.45, 2.75) is 71.3 Å². The van der Waals surface area contributed by atoms with E-state index in [9.17, 15) is 5.11 Å². The maximum absolute atomic E-state index is 11.0. The molecule has 0 bridgehead atoms. The summed E-state index contributed by atoms with van der Waals surface area (Å²) in [6.45, 7) is 11.2. The summed E-state index contributed by atoms with van der Waals surface area (Å²) in [5.41, 5.74) is 2.21. The zero-order valence-corrected chi connectivity index (χ0v) is 13.1. The highest BCUT2D eigenvalue weighted by Gasteiger charge is 2.39. The molecular formula is C18H28O. The monoisotopic (exact) mass is 260 g/mol. The van der Waals surface area contributed by atoms with Gasteiger partial charge in [-0.25, -0.2) is 0 Å². The minimum atomic E-state index is -0.627. The average molecular weight is 260 g/mol. The van der Waals surface area contributed by atoms with Crippen molar-refractivity contribution in [3.63, 3.8) is 0 Å². The van der Waals surface area contributed by atoms with Crippen LogP contribution < -0.4 is 0 Å². The summed E-state index contributed by atoms with van der Waals surface area (Å²) in [6.07, 6.45) is 4.10. The van der Waals surface area contributed by atoms with Gasteiger partial charge in [0.05, 0.1) is 5.60 Å². The number of hydrogen-bond donors (Lipinski definition) is 1. The Labute approximate surface area is 118 Å². The Kier molecular flexibility index (Phi) is 3.55. The van der Waals surface area contributed by atoms with Crippen molar-refractivity contribution >= 4 is 0 Å². The van der Waals surface area contributed by atoms with Gasteiger partial charge in [-0.15, -0.1) is 0 Å². The molecule has 0 spiro atoms. The van der Waals surface area contributed by atoms with E-state index in [1.54, 1.807) is 0 Å². The molecule has 19 heavy (non-hydrogen) atoms. The molecule has 1 heteroatoms. The Morgan fingerprint density at radius 1 is 1.00 bits per heavy atom. The SMILES string of the molecule is CC1(C)CCCC(O)(c2ccc(C(C)(C)C)cc2)C1. The van der Waals surface area contributed by atoms with E-state index >= 15 is 0 Å². The number of benzene rings is 1. The van der Waals surface area contributed by atoms with Crippen LogP contribution in [0.2, 0.25) is 0 Å². The Morgan fingerprint density at radius 2 is 1.58 bits per heavy atom. The predicted molar refractivity (Wildman–Crippen MR) is 81.3 cm³/mol. The third-order valence-corrected chi connectivity index (χ3v) is 4.50. The Bertz CT molecular complexity index is 436. The summed E-state index contributed by atoms with van der Waals surface area (Å²) in [5.74, 6) is 0. The van der Waals surface area contributed by atoms with Crippen LogP contribution in [0, 0.1) is 5.41 Å². The fraction of sp³-hybridized carbons (Fsp3) is 0.667. The van der Waals surface area contributed by atoms with Crippen LogP contribution in [0.1, 0.15) is 71.4 Å². The first-order valence-electron chi connectivity index (χ1n) is 7.46. The molecule has 1 saturated carbocycles. The largest absolute Gasteiger partial charge is 0.385 e. The topological polar surface area (TPSA) is 20.2 Å². The van der Waals surface area contributed by atoms with E-state index in [2.05, 4.69) is 58.9 Å². The molecule has 1 unspecified atom stereocenters. The van der Waals surface area contributed by atoms with Crippen LogP contribution in [0.5, 0.6) is 0 Å². The molecule has 1 aliphatic carbocycles. The molecule has 1 aromatic rings. The zero-order valence-electron chi connectivity index (χ0n) is 13.1. The molecule has 1 atom stereocenters. The third-order valence-electron chi connectivity index (χ3n) is 4.50. The fourth-order valence-corrected chi connectivity index (χ4v) is 3.35. The lowest BCUT2D eigenvalue weighted by Crippen LogP contribution is -2.36. The highest BCUT2D eigenvalue weighted by molar-refractivity contribution is 5.31. The Hall–Kier alpha value is -0.820. The van der Waals surface area contributed by atoms with Gasteiger partial charge in [0, 0.05) is 0 Å². The molecular weight excluding hydrogens is 232 g/mol. The predicted octanol–water partition coefficient (Wildman–Crippen LogP) is 4.77. The maximum atomic E-state index is 11.0. The van der Waals surface area contributed by atoms with Gasteiger partial charge in [-0.2, -0.15) is 0 Å². The molecule has 1 aliphatic rings. The van der Waals surface area contributed by atoms with Gasteiger partial charge >= 0.3 is 0 Å². The molecule has 106 valence electrons. The Balaban J connectivity index is 2.26. The quantitative estimate of drug-likeness (QED) is 0.771. The Morgan fingerprint density at radius 3 is 2.05 bits per heavy atom. The van der Waals surface area contributed by atoms with Gasteiger partial charge in [0.1, 0.15) is 0 Å². The van der Waals surface area contributed by atoms with Crippen molar-refractivity contribution in [3.05, 3.63) is 35.4 Å². The van der Waals surface area contributed by atoms with Crippen LogP contribution in [0.4, 0.5) is 0 Å². The lowest BCUT2D eigenvalue weighted by Gasteiger charge is -2.42. The first-order chi connectivity index (χ1) is 8.62. The normalized spacial score (nSPS) is 27.3. The second-order valence-electron chi connectivity index (χ2n) is 8.05. The van der Waals surface area contributed by atoms with E-state index < -0.39 is 5.60 Å². The minimum Gasteiger partial charge on any atom is -0.385 e. The molecule has 0 aliphatic heterocycles. The van der Waals surface area contributed by atoms with E-state index in [1.807, 2.05) is 0 Å². The van der Waals surface area contributed by atoms with Gasteiger partial charge in [0.25, 0.3) is 0 Å². The lowest BCUT2D eigenvalue weighted by molar-refractivity contribution is -0.0440. The summed E-state index contributed by atoms with van der Waals surface area (Å²) in [6, 6.07) is 8.60. The minimum absolute atomic E-state index is 0.174. The van der Waals surface area contributed by atoms with Crippen molar-refractivity contribution in [3.8, 4) is 0 Å². The average Bonchev–Trinajstić information content (AvgIpc) is 2.26. The summed E-state index contributed by atoms with van der Waals surface area (Å²) < 4.78 is 0. The smallest absolute Gasteiger partial charge is 0.0901 e. The second-order valence-corrected chi connectivity index (χ2v) is 8.05. The van der Waals surface area contributed by atoms with Crippen LogP contribution in [-0.2, 0) is 11.0 Å². The lowest BCUT2D eigenvalue weighted by atomic mass is 9.67. The third kappa shape index (κ3) is 3.20. The molecule has 2 rings (SSSR count). The molecule has 0 aromatic heterocycles. The highest BCUT2D eigenvalue weighted by Crippen LogP contribution is 2.46. The van der Waals surface area contributed by atoms with Crippen LogP contribution in [0.3, 0.4) is 0 Å². The molecule has 0 amide bonds. The zero-order chi connectivity index (χ0) is 14.3. The molecule has 0 saturated heterocycles. The van der Waals surface area contributed by atoms with Crippen LogP contribution in [0.15, 0.2) is 24.3 Å². The van der Waals surface area contributed by atoms with Crippen LogP contribution >= 0.6 is 0 Å². The van der Waals surface area contributed by atoms with Gasteiger partial charge in [0.15, 0.2) is 0 Å². The summed E-state index contributed by atoms with van der Waals surface area (Å²) in [5, 5.41) is 11.0. The van der Waals surface area contributed by atoms with Gasteiger partial charge in [-0.1, -0.05) is 58.9 Å². The van der Waals surface area contributed by atoms with E-state index in [0.29, 0.717) is 0 Å². The maximum Gasteiger partial charge on any atom is 0.0901 e. The van der Waals surface area contributed by atoms with E-state index in [-0.39, 0.29) is 10.8 Å². The van der Waals surface area contributed by atoms with Gasteiger partial charge in [-0.05, 0) is 47.6 Å². The van der Waals surface area contributed by atoms with Gasteiger partial charge < -0.3 is 5.11 Å². The van der Waals surface area contributed by atoms with E-state index in [4.69, 9.17) is 0 Å². The van der Waals surface area contributed by atoms with E-state index in [0.717, 1.165) is 24.8 Å².